The third kappa shape index (κ3) is 6.42. The highest BCUT2D eigenvalue weighted by atomic mass is 31.2. The van der Waals surface area contributed by atoms with Crippen molar-refractivity contribution in [2.45, 2.75) is 52.7 Å². The number of para-hydroxylation sites is 1. The average molecular weight is 314 g/mol. The molecule has 1 rings (SSSR count). The lowest BCUT2D eigenvalue weighted by molar-refractivity contribution is 0.0224. The van der Waals surface area contributed by atoms with E-state index in [1.807, 2.05) is 0 Å². The molecule has 0 atom stereocenters. The maximum absolute atomic E-state index is 12.9. The smallest absolute Gasteiger partial charge is 0.403 e. The van der Waals surface area contributed by atoms with E-state index in [9.17, 15) is 9.36 Å². The van der Waals surface area contributed by atoms with Gasteiger partial charge in [0.2, 0.25) is 0 Å². The molecule has 5 nitrogen and oxygen atoms in total. The van der Waals surface area contributed by atoms with E-state index in [1.165, 1.54) is 0 Å². The number of benzene rings is 1. The molecule has 0 aliphatic heterocycles. The standard InChI is InChI=1S/C15H23O5P/c1-14(2,3)19-21(17,20-15(4,5)6)18-13-10-8-7-9-12(13)11-16/h7-11H,1-6H3. The molecule has 1 aromatic rings. The molecule has 0 N–H and O–H groups in total. The van der Waals surface area contributed by atoms with Crippen molar-refractivity contribution in [3.8, 4) is 5.75 Å². The first-order chi connectivity index (χ1) is 9.44. The van der Waals surface area contributed by atoms with Crippen LogP contribution in [0.4, 0.5) is 0 Å². The summed E-state index contributed by atoms with van der Waals surface area (Å²) in [5, 5.41) is 0. The average Bonchev–Trinajstić information content (AvgIpc) is 2.23. The van der Waals surface area contributed by atoms with Gasteiger partial charge in [0, 0.05) is 0 Å². The van der Waals surface area contributed by atoms with Crippen LogP contribution in [0.3, 0.4) is 0 Å². The highest BCUT2D eigenvalue weighted by molar-refractivity contribution is 7.49. The van der Waals surface area contributed by atoms with E-state index in [0.29, 0.717) is 6.29 Å². The van der Waals surface area contributed by atoms with Crippen molar-refractivity contribution in [2.75, 3.05) is 0 Å². The van der Waals surface area contributed by atoms with Gasteiger partial charge in [-0.1, -0.05) is 12.1 Å². The molecule has 0 saturated carbocycles. The Kier molecular flexibility index (Phi) is 5.37. The molecular weight excluding hydrogens is 291 g/mol. The van der Waals surface area contributed by atoms with E-state index in [-0.39, 0.29) is 11.3 Å². The Morgan fingerprint density at radius 3 is 1.86 bits per heavy atom. The zero-order valence-electron chi connectivity index (χ0n) is 13.4. The van der Waals surface area contributed by atoms with Gasteiger partial charge in [0.1, 0.15) is 5.75 Å². The van der Waals surface area contributed by atoms with Gasteiger partial charge in [-0.15, -0.1) is 0 Å². The molecular formula is C15H23O5P. The van der Waals surface area contributed by atoms with Gasteiger partial charge < -0.3 is 4.52 Å². The molecule has 6 heteroatoms. The monoisotopic (exact) mass is 314 g/mol. The number of hydrogen-bond acceptors (Lipinski definition) is 5. The Balaban J connectivity index is 3.13. The molecule has 0 amide bonds. The third-order valence-corrected chi connectivity index (χ3v) is 3.99. The zero-order chi connectivity index (χ0) is 16.3. The second-order valence-electron chi connectivity index (χ2n) is 6.60. The van der Waals surface area contributed by atoms with Crippen LogP contribution in [0.1, 0.15) is 51.9 Å². The lowest BCUT2D eigenvalue weighted by Crippen LogP contribution is -2.25. The van der Waals surface area contributed by atoms with Crippen LogP contribution in [0.2, 0.25) is 0 Å². The normalized spacial score (nSPS) is 13.0. The van der Waals surface area contributed by atoms with E-state index in [2.05, 4.69) is 0 Å². The third-order valence-electron chi connectivity index (χ3n) is 2.03. The van der Waals surface area contributed by atoms with E-state index >= 15 is 0 Å². The van der Waals surface area contributed by atoms with E-state index in [4.69, 9.17) is 13.6 Å². The number of aldehydes is 1. The predicted molar refractivity (Wildman–Crippen MR) is 81.7 cm³/mol. The summed E-state index contributed by atoms with van der Waals surface area (Å²) in [6, 6.07) is 6.49. The van der Waals surface area contributed by atoms with Gasteiger partial charge in [0.25, 0.3) is 0 Å². The minimum absolute atomic E-state index is 0.171. The topological polar surface area (TPSA) is 61.8 Å². The van der Waals surface area contributed by atoms with Crippen LogP contribution in [-0.4, -0.2) is 17.5 Å². The summed E-state index contributed by atoms with van der Waals surface area (Å²) in [6.07, 6.45) is 0.633. The van der Waals surface area contributed by atoms with Crippen LogP contribution < -0.4 is 4.52 Å². The van der Waals surface area contributed by atoms with Gasteiger partial charge in [-0.25, -0.2) is 4.57 Å². The maximum atomic E-state index is 12.9. The quantitative estimate of drug-likeness (QED) is 0.586. The molecule has 0 radical (unpaired) electrons. The largest absolute Gasteiger partial charge is 0.531 e. The first-order valence-corrected chi connectivity index (χ1v) is 8.15. The van der Waals surface area contributed by atoms with Crippen LogP contribution >= 0.6 is 7.82 Å². The van der Waals surface area contributed by atoms with Crippen molar-refractivity contribution < 1.29 is 22.9 Å². The first-order valence-electron chi connectivity index (χ1n) is 6.69. The fraction of sp³-hybridized carbons (Fsp3) is 0.533. The van der Waals surface area contributed by atoms with Crippen LogP contribution in [0.5, 0.6) is 5.75 Å². The van der Waals surface area contributed by atoms with Crippen molar-refractivity contribution in [1.29, 1.82) is 0 Å². The fourth-order valence-electron chi connectivity index (χ4n) is 1.51. The van der Waals surface area contributed by atoms with Gasteiger partial charge in [-0.05, 0) is 53.7 Å². The van der Waals surface area contributed by atoms with Gasteiger partial charge in [-0.2, -0.15) is 0 Å². The molecule has 0 aliphatic rings. The lowest BCUT2D eigenvalue weighted by atomic mass is 10.2. The predicted octanol–water partition coefficient (Wildman–Crippen LogP) is 4.62. The Bertz CT molecular complexity index is 520. The molecule has 0 aromatic heterocycles. The van der Waals surface area contributed by atoms with Gasteiger partial charge in [0.15, 0.2) is 6.29 Å². The second kappa shape index (κ2) is 6.30. The lowest BCUT2D eigenvalue weighted by Gasteiger charge is -2.31. The molecule has 0 unspecified atom stereocenters. The number of phosphoric ester groups is 1. The Hall–Kier alpha value is -1.16. The summed E-state index contributed by atoms with van der Waals surface area (Å²) in [4.78, 5) is 11.0. The minimum atomic E-state index is -3.88. The highest BCUT2D eigenvalue weighted by Gasteiger charge is 2.39. The van der Waals surface area contributed by atoms with E-state index in [1.54, 1.807) is 65.8 Å². The van der Waals surface area contributed by atoms with Crippen LogP contribution in [0, 0.1) is 0 Å². The molecule has 21 heavy (non-hydrogen) atoms. The summed E-state index contributed by atoms with van der Waals surface area (Å²) < 4.78 is 29.4. The van der Waals surface area contributed by atoms with Crippen molar-refractivity contribution in [1.82, 2.24) is 0 Å². The molecule has 0 spiro atoms. The van der Waals surface area contributed by atoms with Gasteiger partial charge in [-0.3, -0.25) is 13.8 Å². The summed E-state index contributed by atoms with van der Waals surface area (Å²) in [6.45, 7) is 10.5. The number of hydrogen-bond donors (Lipinski definition) is 0. The van der Waals surface area contributed by atoms with Crippen LogP contribution in [-0.2, 0) is 13.6 Å². The van der Waals surface area contributed by atoms with Crippen molar-refractivity contribution in [3.05, 3.63) is 29.8 Å². The molecule has 0 bridgehead atoms. The first kappa shape index (κ1) is 17.9. The SMILES string of the molecule is CC(C)(C)OP(=O)(Oc1ccccc1C=O)OC(C)(C)C. The Morgan fingerprint density at radius 2 is 1.43 bits per heavy atom. The zero-order valence-corrected chi connectivity index (χ0v) is 14.3. The maximum Gasteiger partial charge on any atom is 0.531 e. The number of rotatable bonds is 5. The van der Waals surface area contributed by atoms with Gasteiger partial charge in [0.05, 0.1) is 16.8 Å². The van der Waals surface area contributed by atoms with E-state index < -0.39 is 19.0 Å². The van der Waals surface area contributed by atoms with Gasteiger partial charge >= 0.3 is 7.82 Å². The number of carbonyl (C=O) groups is 1. The van der Waals surface area contributed by atoms with Crippen LogP contribution in [0.15, 0.2) is 24.3 Å². The fourth-order valence-corrected chi connectivity index (χ4v) is 3.37. The Morgan fingerprint density at radius 1 is 0.952 bits per heavy atom. The van der Waals surface area contributed by atoms with Crippen molar-refractivity contribution in [3.63, 3.8) is 0 Å². The number of phosphoric acid groups is 1. The minimum Gasteiger partial charge on any atom is -0.403 e. The summed E-state index contributed by atoms with van der Waals surface area (Å²) >= 11 is 0. The Labute approximate surface area is 126 Å². The highest BCUT2D eigenvalue weighted by Crippen LogP contribution is 2.55. The molecule has 0 heterocycles. The van der Waals surface area contributed by atoms with Crippen molar-refractivity contribution >= 4 is 14.1 Å². The molecule has 0 saturated heterocycles. The van der Waals surface area contributed by atoms with Crippen molar-refractivity contribution in [2.24, 2.45) is 0 Å². The molecule has 0 aliphatic carbocycles. The molecule has 118 valence electrons. The van der Waals surface area contributed by atoms with E-state index in [0.717, 1.165) is 0 Å². The summed E-state index contributed by atoms with van der Waals surface area (Å²) in [5.41, 5.74) is -1.17. The molecule has 1 aromatic carbocycles. The summed E-state index contributed by atoms with van der Waals surface area (Å²) in [5.74, 6) is 0.171. The van der Waals surface area contributed by atoms with Crippen LogP contribution in [0.25, 0.3) is 0 Å². The number of carbonyl (C=O) groups excluding carboxylic acids is 1. The summed E-state index contributed by atoms with van der Waals surface area (Å²) in [7, 11) is -3.88. The second-order valence-corrected chi connectivity index (χ2v) is 8.04. The molecule has 0 fully saturated rings.